The average Bonchev–Trinajstić information content (AvgIpc) is 2.56. The zero-order valence-corrected chi connectivity index (χ0v) is 14.2. The molecule has 2 unspecified atom stereocenters. The number of ketones is 1. The maximum atomic E-state index is 12.9. The van der Waals surface area contributed by atoms with Crippen molar-refractivity contribution < 1.29 is 13.2 Å². The first-order chi connectivity index (χ1) is 11.5. The van der Waals surface area contributed by atoms with Gasteiger partial charge in [-0.15, -0.1) is 0 Å². The molecule has 122 valence electrons. The van der Waals surface area contributed by atoms with Crippen molar-refractivity contribution in [2.75, 3.05) is 0 Å². The van der Waals surface area contributed by atoms with E-state index in [1.54, 1.807) is 12.1 Å². The van der Waals surface area contributed by atoms with Crippen LogP contribution in [0.25, 0.3) is 0 Å². The van der Waals surface area contributed by atoms with E-state index >= 15 is 0 Å². The van der Waals surface area contributed by atoms with Crippen LogP contribution in [0, 0.1) is 0 Å². The fourth-order valence-electron chi connectivity index (χ4n) is 3.47. The van der Waals surface area contributed by atoms with E-state index in [-0.39, 0.29) is 23.0 Å². The number of sulfone groups is 1. The molecule has 6 heteroatoms. The van der Waals surface area contributed by atoms with Gasteiger partial charge < -0.3 is 0 Å². The van der Waals surface area contributed by atoms with Crippen LogP contribution in [0.1, 0.15) is 24.3 Å². The van der Waals surface area contributed by atoms with Crippen LogP contribution >= 0.6 is 11.6 Å². The maximum absolute atomic E-state index is 12.9. The molecule has 2 aliphatic rings. The molecule has 4 nitrogen and oxygen atoms in total. The van der Waals surface area contributed by atoms with E-state index in [9.17, 15) is 13.2 Å². The number of fused-ring (bicyclic) bond motifs is 2. The fraction of sp³-hybridized carbons (Fsp3) is 0.222. The van der Waals surface area contributed by atoms with Gasteiger partial charge in [-0.05, 0) is 36.1 Å². The summed E-state index contributed by atoms with van der Waals surface area (Å²) in [5, 5.41) is -0.843. The topological polar surface area (TPSA) is 63.6 Å². The van der Waals surface area contributed by atoms with Gasteiger partial charge in [0.25, 0.3) is 0 Å². The van der Waals surface area contributed by atoms with Crippen molar-refractivity contribution in [2.24, 2.45) is 4.99 Å². The van der Waals surface area contributed by atoms with E-state index in [4.69, 9.17) is 11.6 Å². The number of carbonyl (C=O) groups is 1. The SMILES string of the molecule is O=C1CC(c2ccccc2)CC2=Nc3ccc(Cl)cc3S(=O)(=O)C12. The zero-order valence-electron chi connectivity index (χ0n) is 12.6. The van der Waals surface area contributed by atoms with E-state index in [0.717, 1.165) is 5.56 Å². The molecule has 0 saturated heterocycles. The second-order valence-corrected chi connectivity index (χ2v) is 8.56. The number of hydrogen-bond donors (Lipinski definition) is 0. The third-order valence-electron chi connectivity index (χ3n) is 4.57. The van der Waals surface area contributed by atoms with Gasteiger partial charge >= 0.3 is 0 Å². The summed E-state index contributed by atoms with van der Waals surface area (Å²) in [6, 6.07) is 14.3. The molecule has 1 aliphatic heterocycles. The highest BCUT2D eigenvalue weighted by Gasteiger charge is 2.46. The van der Waals surface area contributed by atoms with Crippen molar-refractivity contribution in [3.63, 3.8) is 0 Å². The molecule has 2 aromatic rings. The Hall–Kier alpha value is -1.98. The van der Waals surface area contributed by atoms with E-state index in [2.05, 4.69) is 4.99 Å². The lowest BCUT2D eigenvalue weighted by atomic mass is 9.82. The van der Waals surface area contributed by atoms with Gasteiger partial charge in [-0.25, -0.2) is 8.42 Å². The van der Waals surface area contributed by atoms with Crippen molar-refractivity contribution in [3.05, 3.63) is 59.1 Å². The summed E-state index contributed by atoms with van der Waals surface area (Å²) >= 11 is 5.92. The Kier molecular flexibility index (Phi) is 3.58. The van der Waals surface area contributed by atoms with Gasteiger partial charge in [0.1, 0.15) is 0 Å². The molecular formula is C18H14ClNO3S. The molecule has 2 atom stereocenters. The van der Waals surface area contributed by atoms with E-state index in [0.29, 0.717) is 22.8 Å². The minimum atomic E-state index is -3.79. The molecule has 2 aromatic carbocycles. The number of carbonyl (C=O) groups excluding carboxylic acids is 1. The molecule has 4 rings (SSSR count). The molecule has 1 fully saturated rings. The van der Waals surface area contributed by atoms with E-state index in [1.807, 2.05) is 30.3 Å². The molecule has 0 spiro atoms. The Morgan fingerprint density at radius 2 is 1.79 bits per heavy atom. The first-order valence-electron chi connectivity index (χ1n) is 7.65. The standard InChI is InChI=1S/C18H14ClNO3S/c19-13-6-7-14-17(10-13)24(22,23)18-15(20-14)8-12(9-16(18)21)11-4-2-1-3-5-11/h1-7,10,12,18H,8-9H2. The number of aliphatic imine (C=N–C) groups is 1. The summed E-state index contributed by atoms with van der Waals surface area (Å²) in [5.74, 6) is -0.322. The molecule has 0 radical (unpaired) electrons. The predicted molar refractivity (Wildman–Crippen MR) is 92.9 cm³/mol. The Bertz CT molecular complexity index is 967. The summed E-state index contributed by atoms with van der Waals surface area (Å²) in [6.45, 7) is 0. The van der Waals surface area contributed by atoms with Gasteiger partial charge in [0.05, 0.1) is 10.6 Å². The lowest BCUT2D eigenvalue weighted by molar-refractivity contribution is -0.118. The number of rotatable bonds is 1. The van der Waals surface area contributed by atoms with Crippen LogP contribution in [0.2, 0.25) is 5.02 Å². The number of Topliss-reactive ketones (excluding diaryl/α,β-unsaturated/α-hetero) is 1. The molecule has 0 bridgehead atoms. The lowest BCUT2D eigenvalue weighted by Crippen LogP contribution is -2.44. The molecule has 1 heterocycles. The van der Waals surface area contributed by atoms with Crippen molar-refractivity contribution in [3.8, 4) is 0 Å². The molecule has 0 amide bonds. The van der Waals surface area contributed by atoms with Crippen molar-refractivity contribution in [1.29, 1.82) is 0 Å². The number of halogens is 1. The molecule has 24 heavy (non-hydrogen) atoms. The Morgan fingerprint density at radius 3 is 2.54 bits per heavy atom. The normalized spacial score (nSPS) is 24.7. The average molecular weight is 360 g/mol. The summed E-state index contributed by atoms with van der Waals surface area (Å²) in [4.78, 5) is 17.2. The van der Waals surface area contributed by atoms with Crippen molar-refractivity contribution in [1.82, 2.24) is 0 Å². The van der Waals surface area contributed by atoms with Crippen LogP contribution in [0.4, 0.5) is 5.69 Å². The van der Waals surface area contributed by atoms with E-state index < -0.39 is 15.1 Å². The van der Waals surface area contributed by atoms with Gasteiger partial charge in [-0.3, -0.25) is 9.79 Å². The summed E-state index contributed by atoms with van der Waals surface area (Å²) in [5.41, 5.74) is 1.84. The largest absolute Gasteiger partial charge is 0.298 e. The Morgan fingerprint density at radius 1 is 1.04 bits per heavy atom. The lowest BCUT2D eigenvalue weighted by Gasteiger charge is -2.32. The summed E-state index contributed by atoms with van der Waals surface area (Å²) in [6.07, 6.45) is 0.685. The second-order valence-electron chi connectivity index (χ2n) is 6.12. The molecule has 1 aliphatic carbocycles. The minimum absolute atomic E-state index is 0.0299. The molecule has 0 aromatic heterocycles. The van der Waals surface area contributed by atoms with Gasteiger partial charge in [0.15, 0.2) is 20.9 Å². The highest BCUT2D eigenvalue weighted by molar-refractivity contribution is 7.94. The van der Waals surface area contributed by atoms with Crippen LogP contribution in [0.3, 0.4) is 0 Å². The number of nitrogens with zero attached hydrogens (tertiary/aromatic N) is 1. The molecule has 1 saturated carbocycles. The molecule has 0 N–H and O–H groups in total. The monoisotopic (exact) mass is 359 g/mol. The summed E-state index contributed by atoms with van der Waals surface area (Å²) in [7, 11) is -3.79. The van der Waals surface area contributed by atoms with Crippen LogP contribution in [-0.4, -0.2) is 25.2 Å². The quantitative estimate of drug-likeness (QED) is 0.779. The predicted octanol–water partition coefficient (Wildman–Crippen LogP) is 3.72. The number of benzene rings is 2. The van der Waals surface area contributed by atoms with Gasteiger partial charge in [-0.1, -0.05) is 41.9 Å². The van der Waals surface area contributed by atoms with Crippen molar-refractivity contribution in [2.45, 2.75) is 28.9 Å². The minimum Gasteiger partial charge on any atom is -0.298 e. The first-order valence-corrected chi connectivity index (χ1v) is 9.58. The van der Waals surface area contributed by atoms with Gasteiger partial charge in [0.2, 0.25) is 0 Å². The van der Waals surface area contributed by atoms with Crippen LogP contribution in [0.5, 0.6) is 0 Å². The first kappa shape index (κ1) is 15.5. The smallest absolute Gasteiger partial charge is 0.195 e. The maximum Gasteiger partial charge on any atom is 0.195 e. The summed E-state index contributed by atoms with van der Waals surface area (Å²) < 4.78 is 25.8. The van der Waals surface area contributed by atoms with Crippen LogP contribution < -0.4 is 0 Å². The zero-order chi connectivity index (χ0) is 16.9. The highest BCUT2D eigenvalue weighted by atomic mass is 35.5. The number of hydrogen-bond acceptors (Lipinski definition) is 4. The third-order valence-corrected chi connectivity index (χ3v) is 6.90. The second kappa shape index (κ2) is 5.53. The fourth-order valence-corrected chi connectivity index (χ4v) is 5.61. The Labute approximate surface area is 145 Å². The van der Waals surface area contributed by atoms with Gasteiger partial charge in [0, 0.05) is 17.2 Å². The van der Waals surface area contributed by atoms with Gasteiger partial charge in [-0.2, -0.15) is 0 Å². The van der Waals surface area contributed by atoms with Crippen LogP contribution in [0.15, 0.2) is 58.4 Å². The van der Waals surface area contributed by atoms with E-state index in [1.165, 1.54) is 6.07 Å². The highest BCUT2D eigenvalue weighted by Crippen LogP contribution is 2.41. The third kappa shape index (κ3) is 2.39. The Balaban J connectivity index is 1.82. The van der Waals surface area contributed by atoms with Crippen molar-refractivity contribution >= 4 is 38.6 Å². The van der Waals surface area contributed by atoms with Crippen LogP contribution in [-0.2, 0) is 14.6 Å². The molecular weight excluding hydrogens is 346 g/mol.